The van der Waals surface area contributed by atoms with Gasteiger partial charge in [0.1, 0.15) is 5.01 Å². The zero-order valence-electron chi connectivity index (χ0n) is 7.29. The van der Waals surface area contributed by atoms with Crippen LogP contribution in [0.25, 0.3) is 6.08 Å². The molecule has 0 amide bonds. The molecule has 0 bridgehead atoms. The van der Waals surface area contributed by atoms with E-state index in [2.05, 4.69) is 23.3 Å². The Balaban J connectivity index is 2.14. The van der Waals surface area contributed by atoms with Crippen LogP contribution in [0.3, 0.4) is 0 Å². The Bertz CT molecular complexity index is 216. The molecule has 66 valence electrons. The molecule has 0 fully saturated rings. The minimum atomic E-state index is 0.938. The summed E-state index contributed by atoms with van der Waals surface area (Å²) in [6.45, 7) is 4.19. The molecule has 0 aromatic carbocycles. The van der Waals surface area contributed by atoms with Gasteiger partial charge in [-0.05, 0) is 19.0 Å². The topological polar surface area (TPSA) is 24.9 Å². The summed E-state index contributed by atoms with van der Waals surface area (Å²) in [4.78, 5) is 4.14. The molecule has 0 aliphatic carbocycles. The Labute approximate surface area is 77.3 Å². The molecule has 0 aliphatic rings. The molecule has 0 spiro atoms. The molecule has 2 nitrogen and oxygen atoms in total. The average Bonchev–Trinajstić information content (AvgIpc) is 2.57. The highest BCUT2D eigenvalue weighted by molar-refractivity contribution is 7.10. The predicted octanol–water partition coefficient (Wildman–Crippen LogP) is 2.16. The fourth-order valence-electron chi connectivity index (χ4n) is 0.839. The lowest BCUT2D eigenvalue weighted by molar-refractivity contribution is 0.730. The van der Waals surface area contributed by atoms with Crippen LogP contribution in [0.5, 0.6) is 0 Å². The predicted molar refractivity (Wildman–Crippen MR) is 54.3 cm³/mol. The largest absolute Gasteiger partial charge is 0.313 e. The maximum absolute atomic E-state index is 4.14. The molecule has 1 aromatic rings. The van der Waals surface area contributed by atoms with Crippen molar-refractivity contribution in [1.29, 1.82) is 0 Å². The van der Waals surface area contributed by atoms with Gasteiger partial charge in [0.2, 0.25) is 0 Å². The maximum Gasteiger partial charge on any atom is 0.115 e. The van der Waals surface area contributed by atoms with Gasteiger partial charge >= 0.3 is 0 Å². The first-order chi connectivity index (χ1) is 5.93. The number of nitrogens with one attached hydrogen (secondary N) is 1. The zero-order valence-corrected chi connectivity index (χ0v) is 8.10. The van der Waals surface area contributed by atoms with Crippen LogP contribution in [0, 0.1) is 0 Å². The Kier molecular flexibility index (Phi) is 4.64. The summed E-state index contributed by atoms with van der Waals surface area (Å²) in [5.74, 6) is 0. The first-order valence-corrected chi connectivity index (χ1v) is 5.08. The lowest BCUT2D eigenvalue weighted by atomic mass is 10.4. The molecule has 0 aliphatic heterocycles. The van der Waals surface area contributed by atoms with Gasteiger partial charge in [-0.1, -0.05) is 13.0 Å². The fourth-order valence-corrected chi connectivity index (χ4v) is 1.40. The van der Waals surface area contributed by atoms with Crippen molar-refractivity contribution in [2.75, 3.05) is 13.1 Å². The van der Waals surface area contributed by atoms with E-state index < -0.39 is 0 Å². The number of aromatic nitrogens is 1. The van der Waals surface area contributed by atoms with Gasteiger partial charge in [-0.15, -0.1) is 11.3 Å². The molecule has 0 atom stereocenters. The van der Waals surface area contributed by atoms with Crippen LogP contribution in [0.4, 0.5) is 0 Å². The van der Waals surface area contributed by atoms with E-state index in [0.717, 1.165) is 18.1 Å². The number of thiazole rings is 1. The summed E-state index contributed by atoms with van der Waals surface area (Å²) in [5, 5.41) is 6.35. The third-order valence-electron chi connectivity index (χ3n) is 1.40. The molecular weight excluding hydrogens is 168 g/mol. The smallest absolute Gasteiger partial charge is 0.115 e. The van der Waals surface area contributed by atoms with Crippen molar-refractivity contribution in [3.8, 4) is 0 Å². The van der Waals surface area contributed by atoms with Gasteiger partial charge in [-0.2, -0.15) is 0 Å². The van der Waals surface area contributed by atoms with Crippen LogP contribution in [-0.2, 0) is 0 Å². The summed E-state index contributed by atoms with van der Waals surface area (Å²) in [5.41, 5.74) is 0. The fraction of sp³-hybridized carbons (Fsp3) is 0.444. The maximum atomic E-state index is 4.14. The van der Waals surface area contributed by atoms with E-state index in [1.807, 2.05) is 17.7 Å². The molecule has 1 N–H and O–H groups in total. The zero-order chi connectivity index (χ0) is 8.65. The molecule has 0 radical (unpaired) electrons. The van der Waals surface area contributed by atoms with Crippen LogP contribution in [0.1, 0.15) is 18.4 Å². The summed E-state index contributed by atoms with van der Waals surface area (Å²) >= 11 is 1.66. The second-order valence-electron chi connectivity index (χ2n) is 2.48. The van der Waals surface area contributed by atoms with Crippen molar-refractivity contribution in [1.82, 2.24) is 10.3 Å². The quantitative estimate of drug-likeness (QED) is 0.706. The van der Waals surface area contributed by atoms with Crippen LogP contribution < -0.4 is 5.32 Å². The lowest BCUT2D eigenvalue weighted by Crippen LogP contribution is -2.13. The lowest BCUT2D eigenvalue weighted by Gasteiger charge is -1.94. The van der Waals surface area contributed by atoms with Crippen LogP contribution >= 0.6 is 11.3 Å². The molecule has 1 aromatic heterocycles. The normalized spacial score (nSPS) is 11.1. The van der Waals surface area contributed by atoms with Crippen molar-refractivity contribution >= 4 is 17.4 Å². The SMILES string of the molecule is CCCNC/C=C/c1nccs1. The van der Waals surface area contributed by atoms with Crippen molar-refractivity contribution in [2.45, 2.75) is 13.3 Å². The molecular formula is C9H14N2S. The average molecular weight is 182 g/mol. The van der Waals surface area contributed by atoms with E-state index in [-0.39, 0.29) is 0 Å². The molecule has 0 unspecified atom stereocenters. The Morgan fingerprint density at radius 2 is 2.58 bits per heavy atom. The second-order valence-corrected chi connectivity index (χ2v) is 3.40. The van der Waals surface area contributed by atoms with Crippen molar-refractivity contribution < 1.29 is 0 Å². The second kappa shape index (κ2) is 5.91. The van der Waals surface area contributed by atoms with Gasteiger partial charge in [0, 0.05) is 18.1 Å². The number of hydrogen-bond acceptors (Lipinski definition) is 3. The van der Waals surface area contributed by atoms with Crippen LogP contribution in [0.2, 0.25) is 0 Å². The monoisotopic (exact) mass is 182 g/mol. The van der Waals surface area contributed by atoms with Gasteiger partial charge in [-0.3, -0.25) is 0 Å². The highest BCUT2D eigenvalue weighted by Crippen LogP contribution is 2.04. The number of hydrogen-bond donors (Lipinski definition) is 1. The van der Waals surface area contributed by atoms with Crippen molar-refractivity contribution in [3.05, 3.63) is 22.7 Å². The summed E-state index contributed by atoms with van der Waals surface area (Å²) in [6, 6.07) is 0. The van der Waals surface area contributed by atoms with E-state index in [1.54, 1.807) is 11.3 Å². The third kappa shape index (κ3) is 3.64. The first-order valence-electron chi connectivity index (χ1n) is 4.20. The van der Waals surface area contributed by atoms with E-state index in [1.165, 1.54) is 6.42 Å². The molecule has 3 heteroatoms. The highest BCUT2D eigenvalue weighted by atomic mass is 32.1. The Hall–Kier alpha value is -0.670. The number of rotatable bonds is 5. The van der Waals surface area contributed by atoms with Crippen LogP contribution in [0.15, 0.2) is 17.7 Å². The molecule has 0 saturated heterocycles. The molecule has 1 heterocycles. The van der Waals surface area contributed by atoms with Gasteiger partial charge in [0.05, 0.1) is 0 Å². The first kappa shape index (κ1) is 9.42. The minimum Gasteiger partial charge on any atom is -0.313 e. The van der Waals surface area contributed by atoms with Crippen molar-refractivity contribution in [2.24, 2.45) is 0 Å². The third-order valence-corrected chi connectivity index (χ3v) is 2.14. The van der Waals surface area contributed by atoms with Gasteiger partial charge in [-0.25, -0.2) is 4.98 Å². The van der Waals surface area contributed by atoms with Gasteiger partial charge in [0.15, 0.2) is 0 Å². The minimum absolute atomic E-state index is 0.938. The van der Waals surface area contributed by atoms with E-state index in [9.17, 15) is 0 Å². The summed E-state index contributed by atoms with van der Waals surface area (Å²) in [6.07, 6.45) is 7.16. The molecule has 1 rings (SSSR count). The van der Waals surface area contributed by atoms with Gasteiger partial charge in [0.25, 0.3) is 0 Å². The highest BCUT2D eigenvalue weighted by Gasteiger charge is 1.85. The van der Waals surface area contributed by atoms with Crippen molar-refractivity contribution in [3.63, 3.8) is 0 Å². The number of nitrogens with zero attached hydrogens (tertiary/aromatic N) is 1. The van der Waals surface area contributed by atoms with E-state index in [0.29, 0.717) is 0 Å². The van der Waals surface area contributed by atoms with E-state index in [4.69, 9.17) is 0 Å². The summed E-state index contributed by atoms with van der Waals surface area (Å²) in [7, 11) is 0. The Morgan fingerprint density at radius 1 is 1.67 bits per heavy atom. The Morgan fingerprint density at radius 3 is 3.25 bits per heavy atom. The molecule has 12 heavy (non-hydrogen) atoms. The molecule has 0 saturated carbocycles. The van der Waals surface area contributed by atoms with E-state index >= 15 is 0 Å². The standard InChI is InChI=1S/C9H14N2S/c1-2-5-10-6-3-4-9-11-7-8-12-9/h3-4,7-8,10H,2,5-6H2,1H3/b4-3+. The van der Waals surface area contributed by atoms with Gasteiger partial charge < -0.3 is 5.32 Å². The van der Waals surface area contributed by atoms with Crippen LogP contribution in [-0.4, -0.2) is 18.1 Å². The summed E-state index contributed by atoms with van der Waals surface area (Å²) < 4.78 is 0.